The van der Waals surface area contributed by atoms with Crippen LogP contribution >= 0.6 is 34.5 Å². The lowest BCUT2D eigenvalue weighted by Crippen LogP contribution is -2.06. The molecule has 0 saturated heterocycles. The summed E-state index contributed by atoms with van der Waals surface area (Å²) in [4.78, 5) is 11.1. The molecule has 0 N–H and O–H groups in total. The molecule has 0 atom stereocenters. The lowest BCUT2D eigenvalue weighted by atomic mass is 10.2. The minimum Gasteiger partial charge on any atom is -0.466 e. The van der Waals surface area contributed by atoms with Crippen molar-refractivity contribution in [3.63, 3.8) is 0 Å². The van der Waals surface area contributed by atoms with Crippen LogP contribution in [0.4, 0.5) is 0 Å². The molecule has 0 amide bonds. The topological polar surface area (TPSA) is 26.3 Å². The van der Waals surface area contributed by atoms with Gasteiger partial charge >= 0.3 is 5.97 Å². The van der Waals surface area contributed by atoms with Crippen LogP contribution in [0, 0.1) is 0 Å². The van der Waals surface area contributed by atoms with Crippen molar-refractivity contribution < 1.29 is 9.53 Å². The standard InChI is InChI=1S/C8H8Cl2O2S/c1-2-12-7(11)4-5-3-6(9)13-8(5)10/h3H,2,4H2,1H3. The molecule has 0 fully saturated rings. The van der Waals surface area contributed by atoms with Gasteiger partial charge in [-0.15, -0.1) is 11.3 Å². The highest BCUT2D eigenvalue weighted by molar-refractivity contribution is 7.20. The van der Waals surface area contributed by atoms with E-state index in [1.165, 1.54) is 11.3 Å². The second kappa shape index (κ2) is 4.84. The van der Waals surface area contributed by atoms with Crippen molar-refractivity contribution in [3.8, 4) is 0 Å². The van der Waals surface area contributed by atoms with E-state index in [9.17, 15) is 4.79 Å². The second-order valence-electron chi connectivity index (χ2n) is 2.33. The van der Waals surface area contributed by atoms with E-state index >= 15 is 0 Å². The van der Waals surface area contributed by atoms with Crippen LogP contribution in [0.25, 0.3) is 0 Å². The number of hydrogen-bond donors (Lipinski definition) is 0. The molecule has 0 spiro atoms. The van der Waals surface area contributed by atoms with Crippen LogP contribution in [-0.2, 0) is 16.0 Å². The molecule has 1 heterocycles. The van der Waals surface area contributed by atoms with Crippen molar-refractivity contribution >= 4 is 40.5 Å². The number of halogens is 2. The summed E-state index contributed by atoms with van der Waals surface area (Å²) in [5.74, 6) is -0.279. The Morgan fingerprint density at radius 3 is 2.77 bits per heavy atom. The number of carbonyl (C=O) groups excluding carboxylic acids is 1. The summed E-state index contributed by atoms with van der Waals surface area (Å²) in [5.41, 5.74) is 0.732. The van der Waals surface area contributed by atoms with E-state index in [0.29, 0.717) is 15.3 Å². The van der Waals surface area contributed by atoms with Gasteiger partial charge in [-0.2, -0.15) is 0 Å². The van der Waals surface area contributed by atoms with E-state index in [2.05, 4.69) is 0 Å². The summed E-state index contributed by atoms with van der Waals surface area (Å²) in [5, 5.41) is 0. The monoisotopic (exact) mass is 238 g/mol. The fourth-order valence-electron chi connectivity index (χ4n) is 0.862. The molecule has 1 rings (SSSR count). The van der Waals surface area contributed by atoms with E-state index in [1.807, 2.05) is 0 Å². The fraction of sp³-hybridized carbons (Fsp3) is 0.375. The number of esters is 1. The van der Waals surface area contributed by atoms with E-state index in [-0.39, 0.29) is 12.4 Å². The lowest BCUT2D eigenvalue weighted by Gasteiger charge is -1.99. The Labute approximate surface area is 90.4 Å². The smallest absolute Gasteiger partial charge is 0.310 e. The van der Waals surface area contributed by atoms with Gasteiger partial charge < -0.3 is 4.74 Å². The quantitative estimate of drug-likeness (QED) is 0.757. The van der Waals surface area contributed by atoms with E-state index in [4.69, 9.17) is 27.9 Å². The van der Waals surface area contributed by atoms with Gasteiger partial charge in [-0.3, -0.25) is 4.79 Å². The van der Waals surface area contributed by atoms with Crippen molar-refractivity contribution in [1.82, 2.24) is 0 Å². The Morgan fingerprint density at radius 2 is 2.31 bits per heavy atom. The maximum atomic E-state index is 11.1. The Balaban J connectivity index is 2.63. The zero-order chi connectivity index (χ0) is 9.84. The van der Waals surface area contributed by atoms with Gasteiger partial charge in [0.2, 0.25) is 0 Å². The van der Waals surface area contributed by atoms with Gasteiger partial charge in [0.25, 0.3) is 0 Å². The summed E-state index contributed by atoms with van der Waals surface area (Å²) in [6.45, 7) is 2.15. The maximum absolute atomic E-state index is 11.1. The van der Waals surface area contributed by atoms with Crippen molar-refractivity contribution in [2.24, 2.45) is 0 Å². The summed E-state index contributed by atoms with van der Waals surface area (Å²) in [6, 6.07) is 1.69. The predicted octanol–water partition coefficient (Wildman–Crippen LogP) is 3.16. The molecule has 0 bridgehead atoms. The first kappa shape index (κ1) is 10.8. The number of ether oxygens (including phenoxy) is 1. The van der Waals surface area contributed by atoms with Crippen LogP contribution in [0.2, 0.25) is 8.67 Å². The summed E-state index contributed by atoms with van der Waals surface area (Å²) < 4.78 is 5.92. The second-order valence-corrected chi connectivity index (χ2v) is 4.62. The molecule has 0 aliphatic carbocycles. The predicted molar refractivity (Wildman–Crippen MR) is 54.7 cm³/mol. The van der Waals surface area contributed by atoms with Gasteiger partial charge in [0.05, 0.1) is 21.7 Å². The van der Waals surface area contributed by atoms with Crippen LogP contribution in [-0.4, -0.2) is 12.6 Å². The molecule has 5 heteroatoms. The van der Waals surface area contributed by atoms with E-state index in [1.54, 1.807) is 13.0 Å². The van der Waals surface area contributed by atoms with Crippen molar-refractivity contribution in [2.45, 2.75) is 13.3 Å². The largest absolute Gasteiger partial charge is 0.466 e. The highest BCUT2D eigenvalue weighted by Gasteiger charge is 2.10. The minimum atomic E-state index is -0.279. The van der Waals surface area contributed by atoms with Gasteiger partial charge in [0.15, 0.2) is 0 Å². The SMILES string of the molecule is CCOC(=O)Cc1cc(Cl)sc1Cl. The first-order valence-corrected chi connectivity index (χ1v) is 5.30. The third-order valence-corrected chi connectivity index (χ3v) is 2.94. The summed E-state index contributed by atoms with van der Waals surface area (Å²) in [7, 11) is 0. The number of carbonyl (C=O) groups is 1. The van der Waals surface area contributed by atoms with Crippen LogP contribution in [0.5, 0.6) is 0 Å². The molecule has 0 radical (unpaired) electrons. The van der Waals surface area contributed by atoms with Gasteiger partial charge in [-0.05, 0) is 18.6 Å². The Hall–Kier alpha value is -0.250. The van der Waals surface area contributed by atoms with Gasteiger partial charge in [0, 0.05) is 0 Å². The molecule has 0 aliphatic heterocycles. The van der Waals surface area contributed by atoms with Gasteiger partial charge in [-0.25, -0.2) is 0 Å². The van der Waals surface area contributed by atoms with Crippen molar-refractivity contribution in [2.75, 3.05) is 6.61 Å². The third kappa shape index (κ3) is 3.18. The Bertz CT molecular complexity index is 309. The first-order valence-electron chi connectivity index (χ1n) is 3.72. The summed E-state index contributed by atoms with van der Waals surface area (Å²) >= 11 is 12.8. The normalized spacial score (nSPS) is 10.1. The molecule has 0 unspecified atom stereocenters. The lowest BCUT2D eigenvalue weighted by molar-refractivity contribution is -0.142. The Kier molecular flexibility index (Phi) is 4.03. The van der Waals surface area contributed by atoms with E-state index in [0.717, 1.165) is 5.56 Å². The third-order valence-electron chi connectivity index (χ3n) is 1.37. The molecule has 0 saturated carbocycles. The van der Waals surface area contributed by atoms with Gasteiger partial charge in [0.1, 0.15) is 0 Å². The molecule has 1 aromatic heterocycles. The average molecular weight is 239 g/mol. The highest BCUT2D eigenvalue weighted by Crippen LogP contribution is 2.31. The maximum Gasteiger partial charge on any atom is 0.310 e. The molecule has 13 heavy (non-hydrogen) atoms. The van der Waals surface area contributed by atoms with E-state index < -0.39 is 0 Å². The van der Waals surface area contributed by atoms with Crippen molar-refractivity contribution in [3.05, 3.63) is 20.3 Å². The van der Waals surface area contributed by atoms with Crippen LogP contribution < -0.4 is 0 Å². The number of thiophene rings is 1. The van der Waals surface area contributed by atoms with Crippen LogP contribution in [0.1, 0.15) is 12.5 Å². The van der Waals surface area contributed by atoms with Crippen LogP contribution in [0.3, 0.4) is 0 Å². The minimum absolute atomic E-state index is 0.190. The molecular formula is C8H8Cl2O2S. The van der Waals surface area contributed by atoms with Crippen molar-refractivity contribution in [1.29, 1.82) is 0 Å². The molecule has 72 valence electrons. The first-order chi connectivity index (χ1) is 6.13. The summed E-state index contributed by atoms with van der Waals surface area (Å²) in [6.07, 6.45) is 0.190. The fourth-order valence-corrected chi connectivity index (χ4v) is 2.35. The molecule has 2 nitrogen and oxygen atoms in total. The van der Waals surface area contributed by atoms with Gasteiger partial charge in [-0.1, -0.05) is 23.2 Å². The molecular weight excluding hydrogens is 231 g/mol. The van der Waals surface area contributed by atoms with Crippen LogP contribution in [0.15, 0.2) is 6.07 Å². The zero-order valence-corrected chi connectivity index (χ0v) is 9.30. The molecule has 1 aromatic rings. The highest BCUT2D eigenvalue weighted by atomic mass is 35.5. The molecule has 0 aromatic carbocycles. The average Bonchev–Trinajstić information content (AvgIpc) is 2.30. The zero-order valence-electron chi connectivity index (χ0n) is 6.97. The number of hydrogen-bond acceptors (Lipinski definition) is 3. The number of rotatable bonds is 3. The molecule has 0 aliphatic rings. The Morgan fingerprint density at radius 1 is 1.62 bits per heavy atom.